The van der Waals surface area contributed by atoms with E-state index in [0.29, 0.717) is 23.2 Å². The Morgan fingerprint density at radius 1 is 1.24 bits per heavy atom. The van der Waals surface area contributed by atoms with E-state index in [0.717, 1.165) is 11.3 Å². The molecule has 3 aromatic rings. The Hall–Kier alpha value is -3.02. The fraction of sp³-hybridized carbons (Fsp3) is 0.263. The number of carbonyl (C=O) groups excluding carboxylic acids is 1. The highest BCUT2D eigenvalue weighted by Gasteiger charge is 2.25. The molecule has 1 amide bonds. The molecule has 0 saturated heterocycles. The van der Waals surface area contributed by atoms with Gasteiger partial charge in [0.1, 0.15) is 6.04 Å². The highest BCUT2D eigenvalue weighted by atomic mass is 16.5. The first-order valence-corrected chi connectivity index (χ1v) is 8.36. The standard InChI is InChI=1S/C19H18N4O2/c1-12(21-18(24)14-5-3-2-4-6-14)19-22-17(23-25-19)15-9-10-20-16(11-15)13-7-8-13/h2-6,9-13H,7-8H2,1H3,(H,21,24)/t12-/m0/s1. The Kier molecular flexibility index (Phi) is 4.01. The molecule has 1 atom stereocenters. The molecule has 0 bridgehead atoms. The summed E-state index contributed by atoms with van der Waals surface area (Å²) in [4.78, 5) is 21.0. The van der Waals surface area contributed by atoms with Crippen LogP contribution in [0.1, 0.15) is 53.7 Å². The van der Waals surface area contributed by atoms with E-state index < -0.39 is 0 Å². The second kappa shape index (κ2) is 6.47. The van der Waals surface area contributed by atoms with Crippen LogP contribution < -0.4 is 5.32 Å². The van der Waals surface area contributed by atoms with Crippen LogP contribution in [-0.4, -0.2) is 21.0 Å². The van der Waals surface area contributed by atoms with Gasteiger partial charge in [-0.3, -0.25) is 9.78 Å². The Bertz CT molecular complexity index is 887. The van der Waals surface area contributed by atoms with Crippen molar-refractivity contribution >= 4 is 5.91 Å². The molecule has 0 spiro atoms. The average molecular weight is 334 g/mol. The summed E-state index contributed by atoms with van der Waals surface area (Å²) in [5, 5.41) is 6.91. The molecule has 25 heavy (non-hydrogen) atoms. The smallest absolute Gasteiger partial charge is 0.251 e. The number of nitrogens with zero attached hydrogens (tertiary/aromatic N) is 3. The van der Waals surface area contributed by atoms with Crippen LogP contribution in [-0.2, 0) is 0 Å². The third kappa shape index (κ3) is 3.42. The Morgan fingerprint density at radius 2 is 2.04 bits per heavy atom. The zero-order valence-corrected chi connectivity index (χ0v) is 13.8. The molecule has 1 N–H and O–H groups in total. The topological polar surface area (TPSA) is 80.9 Å². The number of pyridine rings is 1. The summed E-state index contributed by atoms with van der Waals surface area (Å²) < 4.78 is 5.34. The largest absolute Gasteiger partial charge is 0.341 e. The average Bonchev–Trinajstić information content (AvgIpc) is 3.39. The van der Waals surface area contributed by atoms with Crippen molar-refractivity contribution in [3.63, 3.8) is 0 Å². The summed E-state index contributed by atoms with van der Waals surface area (Å²) in [6, 6.07) is 12.5. The number of hydrogen-bond acceptors (Lipinski definition) is 5. The number of amides is 1. The summed E-state index contributed by atoms with van der Waals surface area (Å²) >= 11 is 0. The Morgan fingerprint density at radius 3 is 2.80 bits per heavy atom. The number of carbonyl (C=O) groups is 1. The second-order valence-electron chi connectivity index (χ2n) is 6.26. The van der Waals surface area contributed by atoms with E-state index in [4.69, 9.17) is 4.52 Å². The molecule has 0 radical (unpaired) electrons. The van der Waals surface area contributed by atoms with Gasteiger partial charge in [0.05, 0.1) is 0 Å². The SMILES string of the molecule is C[C@H](NC(=O)c1ccccc1)c1nc(-c2ccnc(C3CC3)c2)no1. The van der Waals surface area contributed by atoms with Crippen LogP contribution in [0.3, 0.4) is 0 Å². The minimum Gasteiger partial charge on any atom is -0.341 e. The van der Waals surface area contributed by atoms with Crippen LogP contribution >= 0.6 is 0 Å². The molecule has 1 aliphatic rings. The normalized spacial score (nSPS) is 14.9. The molecule has 1 fully saturated rings. The molecule has 2 heterocycles. The van der Waals surface area contributed by atoms with Gasteiger partial charge in [0.2, 0.25) is 11.7 Å². The van der Waals surface area contributed by atoms with Crippen molar-refractivity contribution in [1.82, 2.24) is 20.4 Å². The summed E-state index contributed by atoms with van der Waals surface area (Å²) in [5.41, 5.74) is 2.56. The summed E-state index contributed by atoms with van der Waals surface area (Å²) in [6.45, 7) is 1.82. The maximum atomic E-state index is 12.2. The lowest BCUT2D eigenvalue weighted by Gasteiger charge is -2.09. The number of benzene rings is 1. The van der Waals surface area contributed by atoms with Crippen molar-refractivity contribution in [3.05, 3.63) is 65.8 Å². The minimum atomic E-state index is -0.376. The molecule has 0 unspecified atom stereocenters. The van der Waals surface area contributed by atoms with Crippen LogP contribution in [0, 0.1) is 0 Å². The highest BCUT2D eigenvalue weighted by Crippen LogP contribution is 2.39. The van der Waals surface area contributed by atoms with Gasteiger partial charge in [0.25, 0.3) is 5.91 Å². The van der Waals surface area contributed by atoms with Crippen LogP contribution in [0.25, 0.3) is 11.4 Å². The Balaban J connectivity index is 1.49. The lowest BCUT2D eigenvalue weighted by atomic mass is 10.1. The van der Waals surface area contributed by atoms with Gasteiger partial charge in [-0.1, -0.05) is 23.4 Å². The first-order chi connectivity index (χ1) is 12.2. The van der Waals surface area contributed by atoms with Gasteiger partial charge in [0, 0.05) is 28.9 Å². The van der Waals surface area contributed by atoms with Crippen molar-refractivity contribution < 1.29 is 9.32 Å². The maximum Gasteiger partial charge on any atom is 0.251 e. The molecule has 1 aliphatic carbocycles. The molecule has 126 valence electrons. The molecule has 6 nitrogen and oxygen atoms in total. The van der Waals surface area contributed by atoms with Gasteiger partial charge in [-0.25, -0.2) is 0 Å². The maximum absolute atomic E-state index is 12.2. The highest BCUT2D eigenvalue weighted by molar-refractivity contribution is 5.94. The monoisotopic (exact) mass is 334 g/mol. The number of aromatic nitrogens is 3. The second-order valence-corrected chi connectivity index (χ2v) is 6.26. The van der Waals surface area contributed by atoms with E-state index >= 15 is 0 Å². The molecule has 1 aromatic carbocycles. The molecule has 2 aromatic heterocycles. The van der Waals surface area contributed by atoms with Gasteiger partial charge in [0.15, 0.2) is 0 Å². The van der Waals surface area contributed by atoms with Crippen LogP contribution in [0.2, 0.25) is 0 Å². The van der Waals surface area contributed by atoms with Crippen LogP contribution in [0.15, 0.2) is 53.2 Å². The van der Waals surface area contributed by atoms with Crippen LogP contribution in [0.4, 0.5) is 0 Å². The lowest BCUT2D eigenvalue weighted by Crippen LogP contribution is -2.26. The predicted molar refractivity (Wildman–Crippen MR) is 91.8 cm³/mol. The quantitative estimate of drug-likeness (QED) is 0.772. The molecular weight excluding hydrogens is 316 g/mol. The van der Waals surface area contributed by atoms with Crippen molar-refractivity contribution in [2.24, 2.45) is 0 Å². The van der Waals surface area contributed by atoms with Gasteiger partial charge < -0.3 is 9.84 Å². The van der Waals surface area contributed by atoms with E-state index in [9.17, 15) is 4.79 Å². The third-order valence-electron chi connectivity index (χ3n) is 4.23. The first kappa shape index (κ1) is 15.5. The zero-order chi connectivity index (χ0) is 17.2. The summed E-state index contributed by atoms with van der Waals surface area (Å²) in [6.07, 6.45) is 4.16. The summed E-state index contributed by atoms with van der Waals surface area (Å²) in [5.74, 6) is 1.28. The molecule has 4 rings (SSSR count). The van der Waals surface area contributed by atoms with Gasteiger partial charge in [-0.2, -0.15) is 4.98 Å². The van der Waals surface area contributed by atoms with E-state index in [-0.39, 0.29) is 11.9 Å². The van der Waals surface area contributed by atoms with Crippen molar-refractivity contribution in [3.8, 4) is 11.4 Å². The van der Waals surface area contributed by atoms with Crippen LogP contribution in [0.5, 0.6) is 0 Å². The van der Waals surface area contributed by atoms with E-state index in [2.05, 4.69) is 20.4 Å². The molecule has 6 heteroatoms. The fourth-order valence-electron chi connectivity index (χ4n) is 2.65. The first-order valence-electron chi connectivity index (χ1n) is 8.36. The van der Waals surface area contributed by atoms with E-state index in [1.165, 1.54) is 12.8 Å². The molecule has 1 saturated carbocycles. The van der Waals surface area contributed by atoms with E-state index in [1.54, 1.807) is 18.3 Å². The van der Waals surface area contributed by atoms with Gasteiger partial charge in [-0.15, -0.1) is 0 Å². The van der Waals surface area contributed by atoms with Gasteiger partial charge in [-0.05, 0) is 44.0 Å². The predicted octanol–water partition coefficient (Wildman–Crippen LogP) is 3.50. The van der Waals surface area contributed by atoms with Crippen molar-refractivity contribution in [2.45, 2.75) is 31.7 Å². The van der Waals surface area contributed by atoms with Crippen molar-refractivity contribution in [1.29, 1.82) is 0 Å². The van der Waals surface area contributed by atoms with Gasteiger partial charge >= 0.3 is 0 Å². The lowest BCUT2D eigenvalue weighted by molar-refractivity contribution is 0.0932. The molecular formula is C19H18N4O2. The minimum absolute atomic E-state index is 0.173. The van der Waals surface area contributed by atoms with Crippen molar-refractivity contribution in [2.75, 3.05) is 0 Å². The third-order valence-corrected chi connectivity index (χ3v) is 4.23. The number of nitrogens with one attached hydrogen (secondary N) is 1. The number of rotatable bonds is 5. The summed E-state index contributed by atoms with van der Waals surface area (Å²) in [7, 11) is 0. The zero-order valence-electron chi connectivity index (χ0n) is 13.8. The fourth-order valence-corrected chi connectivity index (χ4v) is 2.65. The molecule has 0 aliphatic heterocycles. The number of hydrogen-bond donors (Lipinski definition) is 1. The Labute approximate surface area is 145 Å². The van der Waals surface area contributed by atoms with E-state index in [1.807, 2.05) is 37.3 Å².